The number of aromatic nitrogens is 2. The molecule has 2 rings (SSSR count). The average Bonchev–Trinajstić information content (AvgIpc) is 2.55. The predicted octanol–water partition coefficient (Wildman–Crippen LogP) is 1.11. The average molecular weight is 293 g/mol. The van der Waals surface area contributed by atoms with Crippen molar-refractivity contribution in [1.82, 2.24) is 20.2 Å². The summed E-state index contributed by atoms with van der Waals surface area (Å²) < 4.78 is 5.34. The van der Waals surface area contributed by atoms with E-state index in [1.165, 1.54) is 0 Å². The van der Waals surface area contributed by atoms with E-state index in [1.807, 2.05) is 12.4 Å². The molecule has 1 aliphatic rings. The van der Waals surface area contributed by atoms with E-state index < -0.39 is 0 Å². The molecule has 0 radical (unpaired) electrons. The third kappa shape index (κ3) is 6.37. The lowest BCUT2D eigenvalue weighted by molar-refractivity contribution is 0.0374. The normalized spacial score (nSPS) is 16.0. The van der Waals surface area contributed by atoms with Crippen LogP contribution in [0.5, 0.6) is 0 Å². The van der Waals surface area contributed by atoms with Gasteiger partial charge in [-0.25, -0.2) is 9.97 Å². The van der Waals surface area contributed by atoms with Crippen LogP contribution in [-0.4, -0.2) is 60.8 Å². The smallest absolute Gasteiger partial charge is 0.222 e. The maximum Gasteiger partial charge on any atom is 0.222 e. The van der Waals surface area contributed by atoms with Gasteiger partial charge in [-0.05, 0) is 25.9 Å². The van der Waals surface area contributed by atoms with Crippen molar-refractivity contribution < 1.29 is 4.74 Å². The monoisotopic (exact) mass is 293 g/mol. The van der Waals surface area contributed by atoms with Crippen molar-refractivity contribution in [2.24, 2.45) is 0 Å². The fourth-order valence-electron chi connectivity index (χ4n) is 2.26. The second-order valence-corrected chi connectivity index (χ2v) is 5.33. The Morgan fingerprint density at radius 1 is 1.19 bits per heavy atom. The van der Waals surface area contributed by atoms with Gasteiger partial charge in [0.05, 0.1) is 13.2 Å². The van der Waals surface area contributed by atoms with Crippen molar-refractivity contribution in [1.29, 1.82) is 0 Å². The number of ether oxygens (including phenoxy) is 1. The maximum absolute atomic E-state index is 5.34. The molecule has 6 nitrogen and oxygen atoms in total. The van der Waals surface area contributed by atoms with Crippen molar-refractivity contribution in [3.05, 3.63) is 18.0 Å². The molecular formula is C15H27N5O. The third-order valence-corrected chi connectivity index (χ3v) is 3.50. The topological polar surface area (TPSA) is 62.3 Å². The molecule has 0 aliphatic carbocycles. The Balaban J connectivity index is 1.55. The first-order valence-electron chi connectivity index (χ1n) is 7.94. The summed E-state index contributed by atoms with van der Waals surface area (Å²) in [5.74, 6) is 0.716. The largest absolute Gasteiger partial charge is 0.379 e. The second-order valence-electron chi connectivity index (χ2n) is 5.33. The van der Waals surface area contributed by atoms with Gasteiger partial charge in [0.1, 0.15) is 0 Å². The van der Waals surface area contributed by atoms with E-state index in [2.05, 4.69) is 32.4 Å². The highest BCUT2D eigenvalue weighted by molar-refractivity contribution is 5.24. The van der Waals surface area contributed by atoms with Crippen LogP contribution in [0, 0.1) is 0 Å². The first-order chi connectivity index (χ1) is 10.4. The zero-order chi connectivity index (χ0) is 14.8. The minimum Gasteiger partial charge on any atom is -0.379 e. The zero-order valence-corrected chi connectivity index (χ0v) is 13.0. The van der Waals surface area contributed by atoms with Gasteiger partial charge in [-0.1, -0.05) is 6.92 Å². The maximum atomic E-state index is 5.34. The van der Waals surface area contributed by atoms with Gasteiger partial charge < -0.3 is 15.4 Å². The van der Waals surface area contributed by atoms with Gasteiger partial charge in [0.25, 0.3) is 0 Å². The highest BCUT2D eigenvalue weighted by atomic mass is 16.5. The summed E-state index contributed by atoms with van der Waals surface area (Å²) in [4.78, 5) is 11.1. The van der Waals surface area contributed by atoms with Gasteiger partial charge in [0.2, 0.25) is 5.95 Å². The first kappa shape index (κ1) is 16.1. The number of rotatable bonds is 9. The number of nitrogens with one attached hydrogen (secondary N) is 2. The Bertz CT molecular complexity index is 378. The number of anilines is 1. The van der Waals surface area contributed by atoms with Crippen LogP contribution < -0.4 is 10.6 Å². The quantitative estimate of drug-likeness (QED) is 0.665. The molecule has 1 aliphatic heterocycles. The van der Waals surface area contributed by atoms with E-state index in [0.717, 1.165) is 70.9 Å². The Labute approximate surface area is 127 Å². The first-order valence-corrected chi connectivity index (χ1v) is 7.94. The highest BCUT2D eigenvalue weighted by Crippen LogP contribution is 2.01. The number of hydrogen-bond acceptors (Lipinski definition) is 6. The molecule has 21 heavy (non-hydrogen) atoms. The fraction of sp³-hybridized carbons (Fsp3) is 0.733. The fourth-order valence-corrected chi connectivity index (χ4v) is 2.26. The highest BCUT2D eigenvalue weighted by Gasteiger charge is 2.08. The SMILES string of the molecule is CCCNc1ncc(CNCCCN2CCOCC2)cn1. The van der Waals surface area contributed by atoms with Crippen LogP contribution in [0.3, 0.4) is 0 Å². The van der Waals surface area contributed by atoms with E-state index in [0.29, 0.717) is 5.95 Å². The molecule has 0 atom stereocenters. The molecular weight excluding hydrogens is 266 g/mol. The van der Waals surface area contributed by atoms with Gasteiger partial charge in [-0.15, -0.1) is 0 Å². The standard InChI is InChI=1S/C15H27N5O/c1-2-4-17-15-18-12-14(13-19-15)11-16-5-3-6-20-7-9-21-10-8-20/h12-13,16H,2-11H2,1H3,(H,17,18,19). The zero-order valence-electron chi connectivity index (χ0n) is 13.0. The van der Waals surface area contributed by atoms with Gasteiger partial charge in [0, 0.05) is 44.1 Å². The Kier molecular flexibility index (Phi) is 7.42. The second kappa shape index (κ2) is 9.65. The van der Waals surface area contributed by atoms with Crippen molar-refractivity contribution in [2.75, 3.05) is 51.3 Å². The number of nitrogens with zero attached hydrogens (tertiary/aromatic N) is 3. The molecule has 0 unspecified atom stereocenters. The molecule has 1 aromatic rings. The molecule has 0 saturated carbocycles. The summed E-state index contributed by atoms with van der Waals surface area (Å²) in [7, 11) is 0. The minimum absolute atomic E-state index is 0.716. The van der Waals surface area contributed by atoms with Crippen LogP contribution in [0.4, 0.5) is 5.95 Å². The lowest BCUT2D eigenvalue weighted by Gasteiger charge is -2.26. The van der Waals surface area contributed by atoms with E-state index in [-0.39, 0.29) is 0 Å². The summed E-state index contributed by atoms with van der Waals surface area (Å²) >= 11 is 0. The lowest BCUT2D eigenvalue weighted by atomic mass is 10.3. The number of morpholine rings is 1. The molecule has 1 saturated heterocycles. The summed E-state index contributed by atoms with van der Waals surface area (Å²) in [6.07, 6.45) is 6.02. The molecule has 0 aromatic carbocycles. The van der Waals surface area contributed by atoms with Crippen LogP contribution in [-0.2, 0) is 11.3 Å². The van der Waals surface area contributed by atoms with E-state index >= 15 is 0 Å². The number of hydrogen-bond donors (Lipinski definition) is 2. The summed E-state index contributed by atoms with van der Waals surface area (Å²) in [6, 6.07) is 0. The molecule has 6 heteroatoms. The molecule has 118 valence electrons. The lowest BCUT2D eigenvalue weighted by Crippen LogP contribution is -2.37. The van der Waals surface area contributed by atoms with Crippen molar-refractivity contribution >= 4 is 5.95 Å². The van der Waals surface area contributed by atoms with Gasteiger partial charge >= 0.3 is 0 Å². The minimum atomic E-state index is 0.716. The summed E-state index contributed by atoms with van der Waals surface area (Å²) in [5, 5.41) is 6.62. The van der Waals surface area contributed by atoms with E-state index in [1.54, 1.807) is 0 Å². The van der Waals surface area contributed by atoms with E-state index in [9.17, 15) is 0 Å². The Hall–Kier alpha value is -1.24. The Morgan fingerprint density at radius 3 is 2.67 bits per heavy atom. The molecule has 0 spiro atoms. The van der Waals surface area contributed by atoms with Crippen LogP contribution >= 0.6 is 0 Å². The molecule has 2 N–H and O–H groups in total. The molecule has 1 fully saturated rings. The summed E-state index contributed by atoms with van der Waals surface area (Å²) in [5.41, 5.74) is 1.13. The van der Waals surface area contributed by atoms with Crippen LogP contribution in [0.15, 0.2) is 12.4 Å². The van der Waals surface area contributed by atoms with Crippen LogP contribution in [0.2, 0.25) is 0 Å². The Morgan fingerprint density at radius 2 is 1.95 bits per heavy atom. The van der Waals surface area contributed by atoms with E-state index in [4.69, 9.17) is 4.74 Å². The van der Waals surface area contributed by atoms with Crippen molar-refractivity contribution in [3.8, 4) is 0 Å². The molecule has 0 amide bonds. The van der Waals surface area contributed by atoms with Crippen LogP contribution in [0.25, 0.3) is 0 Å². The third-order valence-electron chi connectivity index (χ3n) is 3.50. The molecule has 0 bridgehead atoms. The van der Waals surface area contributed by atoms with Gasteiger partial charge in [-0.2, -0.15) is 0 Å². The van der Waals surface area contributed by atoms with Crippen molar-refractivity contribution in [2.45, 2.75) is 26.3 Å². The molecule has 1 aromatic heterocycles. The van der Waals surface area contributed by atoms with Crippen molar-refractivity contribution in [3.63, 3.8) is 0 Å². The van der Waals surface area contributed by atoms with Gasteiger partial charge in [-0.3, -0.25) is 4.90 Å². The molecule has 2 heterocycles. The summed E-state index contributed by atoms with van der Waals surface area (Å²) in [6.45, 7) is 9.94. The predicted molar refractivity (Wildman–Crippen MR) is 84.4 cm³/mol. The van der Waals surface area contributed by atoms with Gasteiger partial charge in [0.15, 0.2) is 0 Å². The van der Waals surface area contributed by atoms with Crippen LogP contribution in [0.1, 0.15) is 25.3 Å².